The number of non-ortho nitro benzene ring substituents is 1. The molecule has 1 heterocycles. The van der Waals surface area contributed by atoms with E-state index in [1.54, 1.807) is 42.5 Å². The highest BCUT2D eigenvalue weighted by Crippen LogP contribution is 2.28. The Morgan fingerprint density at radius 2 is 1.94 bits per heavy atom. The number of hydrogen-bond acceptors (Lipinski definition) is 6. The second-order valence-corrected chi connectivity index (χ2v) is 8.98. The number of amides is 1. The summed E-state index contributed by atoms with van der Waals surface area (Å²) >= 11 is 7.65. The highest BCUT2D eigenvalue weighted by molar-refractivity contribution is 7.98. The van der Waals surface area contributed by atoms with Crippen LogP contribution >= 0.6 is 23.4 Å². The standard InChI is InChI=1S/C23H24ClN5O3S/c1-4-13-28-21(20(15(2)3)25-22(30)18-7-5-6-8-19(18)24)26-27-23(28)33-14-16-9-11-17(12-10-16)29(31)32/h4-12,15,20H,1,13-14H2,2-3H3,(H,25,30)/t20-/m0/s1. The number of aromatic nitrogens is 3. The van der Waals surface area contributed by atoms with Crippen molar-refractivity contribution < 1.29 is 9.72 Å². The Kier molecular flexibility index (Phi) is 8.24. The number of nitro groups is 1. The molecular weight excluding hydrogens is 462 g/mol. The molecule has 1 aromatic heterocycles. The number of hydrogen-bond donors (Lipinski definition) is 1. The van der Waals surface area contributed by atoms with E-state index in [1.165, 1.54) is 23.9 Å². The number of carbonyl (C=O) groups is 1. The van der Waals surface area contributed by atoms with E-state index in [9.17, 15) is 14.9 Å². The zero-order valence-electron chi connectivity index (χ0n) is 18.3. The van der Waals surface area contributed by atoms with E-state index >= 15 is 0 Å². The van der Waals surface area contributed by atoms with Gasteiger partial charge in [0.05, 0.1) is 21.6 Å². The van der Waals surface area contributed by atoms with E-state index in [2.05, 4.69) is 22.1 Å². The van der Waals surface area contributed by atoms with Gasteiger partial charge in [-0.15, -0.1) is 16.8 Å². The summed E-state index contributed by atoms with van der Waals surface area (Å²) in [4.78, 5) is 23.3. The van der Waals surface area contributed by atoms with Crippen LogP contribution in [-0.4, -0.2) is 25.6 Å². The topological polar surface area (TPSA) is 103 Å². The fraction of sp³-hybridized carbons (Fsp3) is 0.261. The number of nitrogens with zero attached hydrogens (tertiary/aromatic N) is 4. The van der Waals surface area contributed by atoms with Gasteiger partial charge in [0.25, 0.3) is 11.6 Å². The summed E-state index contributed by atoms with van der Waals surface area (Å²) in [7, 11) is 0. The van der Waals surface area contributed by atoms with Crippen LogP contribution in [0.4, 0.5) is 5.69 Å². The summed E-state index contributed by atoms with van der Waals surface area (Å²) in [6, 6.07) is 12.9. The average molecular weight is 486 g/mol. The van der Waals surface area contributed by atoms with Gasteiger partial charge in [0.1, 0.15) is 0 Å². The van der Waals surface area contributed by atoms with Crippen LogP contribution in [0.3, 0.4) is 0 Å². The Hall–Kier alpha value is -3.17. The van der Waals surface area contributed by atoms with Crippen molar-refractivity contribution in [2.45, 2.75) is 37.3 Å². The summed E-state index contributed by atoms with van der Waals surface area (Å²) in [6.45, 7) is 8.29. The van der Waals surface area contributed by atoms with E-state index in [0.717, 1.165) is 5.56 Å². The van der Waals surface area contributed by atoms with Crippen LogP contribution in [0, 0.1) is 16.0 Å². The van der Waals surface area contributed by atoms with Crippen molar-refractivity contribution in [1.82, 2.24) is 20.1 Å². The number of rotatable bonds is 10. The minimum absolute atomic E-state index is 0.0386. The zero-order valence-corrected chi connectivity index (χ0v) is 19.8. The summed E-state index contributed by atoms with van der Waals surface area (Å²) in [6.07, 6.45) is 1.75. The minimum atomic E-state index is -0.424. The number of nitrogens with one attached hydrogen (secondary N) is 1. The molecule has 0 unspecified atom stereocenters. The van der Waals surface area contributed by atoms with Gasteiger partial charge < -0.3 is 9.88 Å². The first kappa shape index (κ1) is 24.5. The van der Waals surface area contributed by atoms with Gasteiger partial charge in [-0.2, -0.15) is 0 Å². The molecule has 1 atom stereocenters. The fourth-order valence-corrected chi connectivity index (χ4v) is 4.33. The van der Waals surface area contributed by atoms with Gasteiger partial charge >= 0.3 is 0 Å². The van der Waals surface area contributed by atoms with Gasteiger partial charge in [-0.1, -0.05) is 67.6 Å². The Morgan fingerprint density at radius 1 is 1.24 bits per heavy atom. The maximum Gasteiger partial charge on any atom is 0.269 e. The molecule has 0 radical (unpaired) electrons. The van der Waals surface area contributed by atoms with Crippen LogP contribution in [0.2, 0.25) is 5.02 Å². The van der Waals surface area contributed by atoms with Crippen LogP contribution in [0.25, 0.3) is 0 Å². The van der Waals surface area contributed by atoms with Crippen LogP contribution in [0.15, 0.2) is 66.3 Å². The molecule has 3 rings (SSSR count). The number of allylic oxidation sites excluding steroid dienone is 1. The molecule has 0 aliphatic carbocycles. The summed E-state index contributed by atoms with van der Waals surface area (Å²) in [5.41, 5.74) is 1.37. The maximum atomic E-state index is 12.9. The largest absolute Gasteiger partial charge is 0.342 e. The third-order valence-electron chi connectivity index (χ3n) is 4.92. The van der Waals surface area contributed by atoms with Crippen LogP contribution in [0.5, 0.6) is 0 Å². The number of carbonyl (C=O) groups excluding carboxylic acids is 1. The Bertz CT molecular complexity index is 1150. The lowest BCUT2D eigenvalue weighted by Crippen LogP contribution is -2.34. The maximum absolute atomic E-state index is 12.9. The minimum Gasteiger partial charge on any atom is -0.342 e. The second kappa shape index (κ2) is 11.1. The summed E-state index contributed by atoms with van der Waals surface area (Å²) in [5.74, 6) is 0.937. The Labute approximate surface area is 201 Å². The van der Waals surface area contributed by atoms with Gasteiger partial charge in [0.2, 0.25) is 0 Å². The van der Waals surface area contributed by atoms with E-state index in [1.807, 2.05) is 18.4 Å². The predicted molar refractivity (Wildman–Crippen MR) is 129 cm³/mol. The molecule has 3 aromatic rings. The molecule has 172 valence electrons. The van der Waals surface area contributed by atoms with Crippen molar-refractivity contribution in [2.24, 2.45) is 5.92 Å². The Balaban J connectivity index is 1.82. The second-order valence-electron chi connectivity index (χ2n) is 7.63. The van der Waals surface area contributed by atoms with Crippen molar-refractivity contribution in [3.8, 4) is 0 Å². The molecule has 0 aliphatic rings. The predicted octanol–water partition coefficient (Wildman–Crippen LogP) is 5.45. The number of nitro benzene ring substituents is 1. The van der Waals surface area contributed by atoms with E-state index < -0.39 is 11.0 Å². The Morgan fingerprint density at radius 3 is 2.55 bits per heavy atom. The highest BCUT2D eigenvalue weighted by Gasteiger charge is 2.26. The normalized spacial score (nSPS) is 11.9. The first-order valence-electron chi connectivity index (χ1n) is 10.3. The third-order valence-corrected chi connectivity index (χ3v) is 6.29. The number of halogens is 1. The molecule has 0 bridgehead atoms. The first-order valence-corrected chi connectivity index (χ1v) is 11.6. The SMILES string of the molecule is C=CCn1c(SCc2ccc([N+](=O)[O-])cc2)nnc1[C@@H](NC(=O)c1ccccc1Cl)C(C)C. The molecule has 0 spiro atoms. The lowest BCUT2D eigenvalue weighted by atomic mass is 10.0. The molecule has 33 heavy (non-hydrogen) atoms. The quantitative estimate of drug-likeness (QED) is 0.177. The van der Waals surface area contributed by atoms with E-state index in [-0.39, 0.29) is 17.5 Å². The first-order chi connectivity index (χ1) is 15.8. The van der Waals surface area contributed by atoms with Gasteiger partial charge in [-0.05, 0) is 23.6 Å². The fourth-order valence-electron chi connectivity index (χ4n) is 3.19. The monoisotopic (exact) mass is 485 g/mol. The molecule has 0 saturated carbocycles. The molecule has 1 N–H and O–H groups in total. The summed E-state index contributed by atoms with van der Waals surface area (Å²) < 4.78 is 1.92. The molecular formula is C23H24ClN5O3S. The van der Waals surface area contributed by atoms with Gasteiger partial charge in [0.15, 0.2) is 11.0 Å². The number of benzene rings is 2. The van der Waals surface area contributed by atoms with Crippen LogP contribution in [0.1, 0.15) is 41.6 Å². The van der Waals surface area contributed by atoms with Crippen molar-refractivity contribution in [1.29, 1.82) is 0 Å². The summed E-state index contributed by atoms with van der Waals surface area (Å²) in [5, 5.41) is 23.7. The average Bonchev–Trinajstić information content (AvgIpc) is 3.18. The molecule has 2 aromatic carbocycles. The highest BCUT2D eigenvalue weighted by atomic mass is 35.5. The van der Waals surface area contributed by atoms with E-state index in [4.69, 9.17) is 11.6 Å². The third kappa shape index (κ3) is 6.00. The number of thioether (sulfide) groups is 1. The lowest BCUT2D eigenvalue weighted by molar-refractivity contribution is -0.384. The van der Waals surface area contributed by atoms with E-state index in [0.29, 0.717) is 33.9 Å². The van der Waals surface area contributed by atoms with Crippen LogP contribution < -0.4 is 5.32 Å². The van der Waals surface area contributed by atoms with Gasteiger partial charge in [-0.3, -0.25) is 14.9 Å². The molecule has 10 heteroatoms. The molecule has 0 fully saturated rings. The molecule has 8 nitrogen and oxygen atoms in total. The molecule has 1 amide bonds. The van der Waals surface area contributed by atoms with Crippen molar-refractivity contribution in [3.05, 3.63) is 93.3 Å². The lowest BCUT2D eigenvalue weighted by Gasteiger charge is -2.23. The van der Waals surface area contributed by atoms with Crippen molar-refractivity contribution >= 4 is 35.0 Å². The zero-order chi connectivity index (χ0) is 24.0. The van der Waals surface area contributed by atoms with Crippen molar-refractivity contribution in [2.75, 3.05) is 0 Å². The molecule has 0 saturated heterocycles. The van der Waals surface area contributed by atoms with Gasteiger partial charge in [-0.25, -0.2) is 0 Å². The smallest absolute Gasteiger partial charge is 0.269 e. The molecule has 0 aliphatic heterocycles. The van der Waals surface area contributed by atoms with Crippen LogP contribution in [-0.2, 0) is 12.3 Å². The van der Waals surface area contributed by atoms with Crippen molar-refractivity contribution in [3.63, 3.8) is 0 Å². The van der Waals surface area contributed by atoms with Gasteiger partial charge in [0, 0.05) is 24.4 Å².